The second-order valence-electron chi connectivity index (χ2n) is 6.73. The van der Waals surface area contributed by atoms with Crippen molar-refractivity contribution >= 4 is 46.7 Å². The van der Waals surface area contributed by atoms with Crippen molar-refractivity contribution in [1.29, 1.82) is 10.5 Å². The van der Waals surface area contributed by atoms with Crippen LogP contribution >= 0.6 is 23.4 Å². The van der Waals surface area contributed by atoms with Gasteiger partial charge < -0.3 is 25.8 Å². The minimum Gasteiger partial charge on any atom is -0.539 e. The summed E-state index contributed by atoms with van der Waals surface area (Å²) in [6.07, 6.45) is 0. The number of thioether (sulfide) groups is 1. The van der Waals surface area contributed by atoms with Crippen molar-refractivity contribution in [3.05, 3.63) is 39.9 Å². The lowest BCUT2D eigenvalue weighted by Gasteiger charge is -2.15. The lowest BCUT2D eigenvalue weighted by molar-refractivity contribution is -0.730. The van der Waals surface area contributed by atoms with Crippen molar-refractivity contribution in [1.82, 2.24) is 10.3 Å². The van der Waals surface area contributed by atoms with Gasteiger partial charge in [-0.3, -0.25) is 4.79 Å². The number of hydrogen-bond donors (Lipinski definition) is 3. The van der Waals surface area contributed by atoms with E-state index in [2.05, 4.69) is 20.1 Å². The highest BCUT2D eigenvalue weighted by Crippen LogP contribution is 2.38. The van der Waals surface area contributed by atoms with Gasteiger partial charge in [-0.1, -0.05) is 28.0 Å². The molecule has 2 heterocycles. The van der Waals surface area contributed by atoms with Gasteiger partial charge in [-0.15, -0.1) is 0 Å². The zero-order valence-corrected chi connectivity index (χ0v) is 19.1. The number of aromatic nitrogens is 3. The molecule has 172 valence electrons. The number of nitrogens with zero attached hydrogens (tertiary/aromatic N) is 5. The van der Waals surface area contributed by atoms with Crippen LogP contribution in [-0.4, -0.2) is 32.5 Å². The average Bonchev–Trinajstić information content (AvgIpc) is 3.11. The lowest BCUT2D eigenvalue weighted by Crippen LogP contribution is -2.32. The van der Waals surface area contributed by atoms with Crippen molar-refractivity contribution < 1.29 is 29.0 Å². The average molecular weight is 500 g/mol. The summed E-state index contributed by atoms with van der Waals surface area (Å²) in [4.78, 5) is 28.1. The first-order valence-electron chi connectivity index (χ1n) is 9.26. The molecule has 34 heavy (non-hydrogen) atoms. The summed E-state index contributed by atoms with van der Waals surface area (Å²) in [7, 11) is 1.39. The fraction of sp³-hybridized carbons (Fsp3) is 0.150. The fourth-order valence-electron chi connectivity index (χ4n) is 2.93. The van der Waals surface area contributed by atoms with Gasteiger partial charge >= 0.3 is 5.97 Å². The number of carbonyl (C=O) groups is 2. The van der Waals surface area contributed by atoms with Crippen LogP contribution in [0.4, 0.5) is 11.5 Å². The van der Waals surface area contributed by atoms with Gasteiger partial charge in [0, 0.05) is 5.69 Å². The number of aryl methyl sites for hydroxylation is 1. The summed E-state index contributed by atoms with van der Waals surface area (Å²) >= 11 is 6.70. The van der Waals surface area contributed by atoms with Crippen LogP contribution in [0.25, 0.3) is 11.3 Å². The number of rotatable bonds is 6. The Morgan fingerprint density at radius 2 is 2.03 bits per heavy atom. The molecule has 2 aromatic heterocycles. The van der Waals surface area contributed by atoms with Gasteiger partial charge in [0.2, 0.25) is 5.91 Å². The number of hydrogen-bond acceptors (Lipinski definition) is 10. The Bertz CT molecular complexity index is 1390. The fourth-order valence-corrected chi connectivity index (χ4v) is 4.05. The molecule has 0 fully saturated rings. The van der Waals surface area contributed by atoms with Gasteiger partial charge in [0.05, 0.1) is 32.2 Å². The highest BCUT2D eigenvalue weighted by atomic mass is 35.5. The number of nitrogens with one attached hydrogen (secondary N) is 1. The summed E-state index contributed by atoms with van der Waals surface area (Å²) < 4.78 is 5.66. The van der Waals surface area contributed by atoms with E-state index in [-0.39, 0.29) is 49.5 Å². The van der Waals surface area contributed by atoms with Crippen molar-refractivity contribution in [3.63, 3.8) is 0 Å². The maximum absolute atomic E-state index is 12.7. The molecule has 0 aliphatic carbocycles. The topological polar surface area (TPSA) is 206 Å². The number of anilines is 2. The number of carboxylic acids is 1. The molecule has 0 saturated heterocycles. The molecule has 0 bridgehead atoms. The van der Waals surface area contributed by atoms with Gasteiger partial charge in [0.15, 0.2) is 13.0 Å². The SMILES string of the molecule is CC(Sc1nc(N)c(C#N)c(-c2c([O-])on[n+]2C)c1C#N)C(=O)Nc1ccc(Cl)c(C(=O)O)c1. The molecule has 3 rings (SSSR count). The molecule has 0 aliphatic heterocycles. The Labute approximate surface area is 201 Å². The summed E-state index contributed by atoms with van der Waals surface area (Å²) in [6.45, 7) is 1.52. The molecule has 0 spiro atoms. The molecule has 1 amide bonds. The molecular weight excluding hydrogens is 486 g/mol. The number of carboxylic acid groups (broad SMARTS) is 1. The van der Waals surface area contributed by atoms with Crippen LogP contribution in [0.15, 0.2) is 27.7 Å². The molecule has 3 aromatic rings. The molecule has 0 radical (unpaired) electrons. The Kier molecular flexibility index (Phi) is 6.91. The van der Waals surface area contributed by atoms with Crippen LogP contribution in [0, 0.1) is 22.7 Å². The number of halogens is 1. The summed E-state index contributed by atoms with van der Waals surface area (Å²) in [5.74, 6) is -2.94. The number of amides is 1. The van der Waals surface area contributed by atoms with E-state index >= 15 is 0 Å². The smallest absolute Gasteiger partial charge is 0.337 e. The standard InChI is InChI=1S/C20H14ClN7O5S/c1-8(17(29)25-9-3-4-13(21)10(5-9)19(30)31)34-18-12(7-23)14(11(6-22)16(24)26-18)15-20(32)33-27-28(15)2/h3-5,8H,1-2H3,(H4-,24,25,26,27,29,30,31,32). The first-order chi connectivity index (χ1) is 16.1. The molecule has 1 unspecified atom stereocenters. The number of nitrogen functional groups attached to an aromatic ring is 1. The van der Waals surface area contributed by atoms with Gasteiger partial charge in [0.25, 0.3) is 5.69 Å². The third-order valence-electron chi connectivity index (χ3n) is 4.54. The number of nitriles is 2. The number of pyridine rings is 1. The molecule has 14 heteroatoms. The van der Waals surface area contributed by atoms with Crippen molar-refractivity contribution in [3.8, 4) is 29.3 Å². The minimum atomic E-state index is -1.26. The summed E-state index contributed by atoms with van der Waals surface area (Å²) in [5, 5.41) is 45.9. The van der Waals surface area contributed by atoms with E-state index in [0.717, 1.165) is 16.4 Å². The first-order valence-corrected chi connectivity index (χ1v) is 10.5. The van der Waals surface area contributed by atoms with Crippen LogP contribution in [-0.2, 0) is 11.8 Å². The minimum absolute atomic E-state index is 0.000388. The van der Waals surface area contributed by atoms with E-state index < -0.39 is 23.1 Å². The third-order valence-corrected chi connectivity index (χ3v) is 5.95. The normalized spacial score (nSPS) is 11.3. The van der Waals surface area contributed by atoms with Gasteiger partial charge in [-0.25, -0.2) is 9.78 Å². The molecule has 4 N–H and O–H groups in total. The number of aromatic carboxylic acids is 1. The second-order valence-corrected chi connectivity index (χ2v) is 8.47. The van der Waals surface area contributed by atoms with Crippen LogP contribution in [0.2, 0.25) is 5.02 Å². The number of carbonyl (C=O) groups excluding carboxylic acids is 1. The predicted octanol–water partition coefficient (Wildman–Crippen LogP) is 1.43. The molecular formula is C20H14ClN7O5S. The zero-order chi connectivity index (χ0) is 25.2. The molecule has 0 aliphatic rings. The Balaban J connectivity index is 1.98. The summed E-state index contributed by atoms with van der Waals surface area (Å²) in [6, 6.07) is 7.71. The third kappa shape index (κ3) is 4.56. The van der Waals surface area contributed by atoms with Crippen molar-refractivity contribution in [2.45, 2.75) is 17.2 Å². The van der Waals surface area contributed by atoms with Crippen molar-refractivity contribution in [2.24, 2.45) is 7.05 Å². The van der Waals surface area contributed by atoms with Crippen molar-refractivity contribution in [2.75, 3.05) is 11.1 Å². The molecule has 12 nitrogen and oxygen atoms in total. The quantitative estimate of drug-likeness (QED) is 0.326. The molecule has 1 atom stereocenters. The summed E-state index contributed by atoms with van der Waals surface area (Å²) in [5.41, 5.74) is 5.26. The first kappa shape index (κ1) is 24.3. The van der Waals surface area contributed by atoms with Crippen LogP contribution in [0.5, 0.6) is 5.95 Å². The monoisotopic (exact) mass is 499 g/mol. The Morgan fingerprint density at radius 3 is 2.59 bits per heavy atom. The Hall–Kier alpha value is -4.33. The van der Waals surface area contributed by atoms with Gasteiger partial charge in [-0.05, 0) is 25.1 Å². The second kappa shape index (κ2) is 9.66. The zero-order valence-electron chi connectivity index (χ0n) is 17.5. The number of nitrogens with two attached hydrogens (primary N) is 1. The Morgan fingerprint density at radius 1 is 1.35 bits per heavy atom. The van der Waals surface area contributed by atoms with E-state index in [1.165, 1.54) is 32.2 Å². The lowest BCUT2D eigenvalue weighted by atomic mass is 10.0. The maximum atomic E-state index is 12.7. The van der Waals surface area contributed by atoms with E-state index in [4.69, 9.17) is 17.3 Å². The highest BCUT2D eigenvalue weighted by molar-refractivity contribution is 8.00. The maximum Gasteiger partial charge on any atom is 0.337 e. The van der Waals surface area contributed by atoms with Crippen LogP contribution in [0.1, 0.15) is 28.4 Å². The number of benzene rings is 1. The van der Waals surface area contributed by atoms with E-state index in [1.807, 2.05) is 12.1 Å². The van der Waals surface area contributed by atoms with E-state index in [1.54, 1.807) is 0 Å². The predicted molar refractivity (Wildman–Crippen MR) is 117 cm³/mol. The van der Waals surface area contributed by atoms with E-state index in [9.17, 15) is 30.3 Å². The van der Waals surface area contributed by atoms with Gasteiger partial charge in [0.1, 0.15) is 28.5 Å². The molecule has 1 aromatic carbocycles. The molecule has 0 saturated carbocycles. The van der Waals surface area contributed by atoms with Crippen LogP contribution in [0.3, 0.4) is 0 Å². The van der Waals surface area contributed by atoms with E-state index in [0.29, 0.717) is 0 Å². The highest BCUT2D eigenvalue weighted by Gasteiger charge is 2.30. The van der Waals surface area contributed by atoms with Gasteiger partial charge in [-0.2, -0.15) is 10.5 Å². The van der Waals surface area contributed by atoms with Crippen LogP contribution < -0.4 is 20.8 Å². The largest absolute Gasteiger partial charge is 0.539 e.